The van der Waals surface area contributed by atoms with Gasteiger partial charge in [-0.3, -0.25) is 9.59 Å². The first-order valence-corrected chi connectivity index (χ1v) is 5.71. The lowest BCUT2D eigenvalue weighted by atomic mass is 10.0. The van der Waals surface area contributed by atoms with Crippen molar-refractivity contribution in [3.8, 4) is 0 Å². The molecule has 0 spiro atoms. The Morgan fingerprint density at radius 3 is 2.19 bits per heavy atom. The molecule has 0 aliphatic carbocycles. The second-order valence-corrected chi connectivity index (χ2v) is 5.43. The van der Waals surface area contributed by atoms with E-state index < -0.39 is 16.8 Å². The number of likely N-dealkylation sites (N-methyl/N-ethyl adjacent to an activating group) is 1. The summed E-state index contributed by atoms with van der Waals surface area (Å²) < 4.78 is -0.649. The molecule has 0 saturated heterocycles. The monoisotopic (exact) mass is 247 g/mol. The molecular weight excluding hydrogens is 226 g/mol. The molecule has 0 rings (SSSR count). The maximum atomic E-state index is 11.7. The van der Waals surface area contributed by atoms with Crippen molar-refractivity contribution < 1.29 is 9.59 Å². The number of thiol groups is 1. The average Bonchev–Trinajstić information content (AvgIpc) is 2.11. The Balaban J connectivity index is 4.70. The van der Waals surface area contributed by atoms with E-state index in [9.17, 15) is 9.59 Å². The molecule has 0 unspecified atom stereocenters. The number of nitrogens with one attached hydrogen (secondary N) is 2. The third-order valence-electron chi connectivity index (χ3n) is 2.02. The van der Waals surface area contributed by atoms with E-state index >= 15 is 0 Å². The Morgan fingerprint density at radius 1 is 1.38 bits per heavy atom. The summed E-state index contributed by atoms with van der Waals surface area (Å²) in [5.74, 6) is -0.616. The van der Waals surface area contributed by atoms with Crippen molar-refractivity contribution in [2.75, 3.05) is 6.54 Å². The Hall–Kier alpha value is -0.750. The van der Waals surface area contributed by atoms with E-state index in [2.05, 4.69) is 23.3 Å². The van der Waals surface area contributed by atoms with Crippen LogP contribution in [-0.4, -0.2) is 35.2 Å². The minimum Gasteiger partial charge on any atom is -0.355 e. The lowest BCUT2D eigenvalue weighted by molar-refractivity contribution is -0.130. The van der Waals surface area contributed by atoms with Gasteiger partial charge in [0, 0.05) is 11.3 Å². The molecule has 16 heavy (non-hydrogen) atoms. The molecule has 0 aromatic carbocycles. The highest BCUT2D eigenvalue weighted by molar-refractivity contribution is 7.81. The highest BCUT2D eigenvalue weighted by Crippen LogP contribution is 2.17. The minimum absolute atomic E-state index is 0.253. The molecule has 2 amide bonds. The maximum Gasteiger partial charge on any atom is 0.243 e. The Bertz CT molecular complexity index is 261. The summed E-state index contributed by atoms with van der Waals surface area (Å²) in [4.78, 5) is 23.2. The summed E-state index contributed by atoms with van der Waals surface area (Å²) in [5.41, 5.74) is 5.43. The summed E-state index contributed by atoms with van der Waals surface area (Å²) in [5, 5.41) is 5.24. The van der Waals surface area contributed by atoms with Crippen LogP contribution in [0.3, 0.4) is 0 Å². The zero-order chi connectivity index (χ0) is 12.9. The van der Waals surface area contributed by atoms with Crippen molar-refractivity contribution in [3.05, 3.63) is 0 Å². The molecule has 0 aliphatic heterocycles. The van der Waals surface area contributed by atoms with Crippen LogP contribution in [0.1, 0.15) is 27.7 Å². The fourth-order valence-electron chi connectivity index (χ4n) is 1.11. The highest BCUT2D eigenvalue weighted by atomic mass is 32.1. The summed E-state index contributed by atoms with van der Waals surface area (Å²) in [6, 6.07) is -1.35. The van der Waals surface area contributed by atoms with Crippen LogP contribution in [0, 0.1) is 0 Å². The molecule has 0 fully saturated rings. The molecule has 94 valence electrons. The van der Waals surface area contributed by atoms with Gasteiger partial charge >= 0.3 is 0 Å². The van der Waals surface area contributed by atoms with E-state index in [-0.39, 0.29) is 11.8 Å². The predicted octanol–water partition coefficient (Wildman–Crippen LogP) is -0.337. The number of carbonyl (C=O) groups is 2. The lowest BCUT2D eigenvalue weighted by Crippen LogP contribution is -2.58. The first-order valence-electron chi connectivity index (χ1n) is 5.26. The van der Waals surface area contributed by atoms with Crippen LogP contribution in [0.2, 0.25) is 0 Å². The van der Waals surface area contributed by atoms with Crippen LogP contribution in [0.4, 0.5) is 0 Å². The molecule has 4 N–H and O–H groups in total. The molecule has 0 saturated carbocycles. The SMILES string of the molecule is CCNC(=O)[C@H](NC(=O)[C@H](C)N)C(C)(C)S. The van der Waals surface area contributed by atoms with E-state index in [1.54, 1.807) is 20.8 Å². The number of nitrogens with two attached hydrogens (primary N) is 1. The van der Waals surface area contributed by atoms with Crippen LogP contribution in [0.15, 0.2) is 0 Å². The van der Waals surface area contributed by atoms with Gasteiger partial charge in [-0.25, -0.2) is 0 Å². The summed E-state index contributed by atoms with van der Waals surface area (Å²) >= 11 is 4.31. The fraction of sp³-hybridized carbons (Fsp3) is 0.800. The molecule has 6 heteroatoms. The van der Waals surface area contributed by atoms with E-state index in [1.807, 2.05) is 6.92 Å². The topological polar surface area (TPSA) is 84.2 Å². The molecule has 0 aromatic rings. The molecule has 0 aromatic heterocycles. The van der Waals surface area contributed by atoms with Gasteiger partial charge in [0.05, 0.1) is 6.04 Å². The van der Waals surface area contributed by atoms with Crippen molar-refractivity contribution in [3.63, 3.8) is 0 Å². The summed E-state index contributed by atoms with van der Waals surface area (Å²) in [7, 11) is 0. The summed E-state index contributed by atoms with van der Waals surface area (Å²) in [6.45, 7) is 7.41. The van der Waals surface area contributed by atoms with Crippen molar-refractivity contribution in [2.45, 2.75) is 44.5 Å². The molecule has 0 radical (unpaired) electrons. The van der Waals surface area contributed by atoms with Crippen LogP contribution in [0.5, 0.6) is 0 Å². The number of hydrogen-bond donors (Lipinski definition) is 4. The third-order valence-corrected chi connectivity index (χ3v) is 2.28. The number of rotatable bonds is 5. The van der Waals surface area contributed by atoms with E-state index in [4.69, 9.17) is 5.73 Å². The van der Waals surface area contributed by atoms with Gasteiger partial charge in [0.2, 0.25) is 11.8 Å². The molecule has 5 nitrogen and oxygen atoms in total. The third kappa shape index (κ3) is 4.85. The second-order valence-electron chi connectivity index (χ2n) is 4.28. The zero-order valence-corrected chi connectivity index (χ0v) is 11.1. The standard InChI is InChI=1S/C10H21N3O2S/c1-5-12-9(15)7(10(3,4)16)13-8(14)6(2)11/h6-7,16H,5,11H2,1-4H3,(H,12,15)(H,13,14)/t6-,7-/m0/s1. The predicted molar refractivity (Wildman–Crippen MR) is 67.3 cm³/mol. The van der Waals surface area contributed by atoms with Crippen molar-refractivity contribution in [2.24, 2.45) is 5.73 Å². The molecular formula is C10H21N3O2S. The lowest BCUT2D eigenvalue weighted by Gasteiger charge is -2.29. The first-order chi connectivity index (χ1) is 7.20. The Kier molecular flexibility index (Phi) is 5.81. The average molecular weight is 247 g/mol. The molecule has 0 heterocycles. The van der Waals surface area contributed by atoms with Crippen molar-refractivity contribution in [1.82, 2.24) is 10.6 Å². The van der Waals surface area contributed by atoms with E-state index in [1.165, 1.54) is 0 Å². The van der Waals surface area contributed by atoms with Gasteiger partial charge in [-0.1, -0.05) is 0 Å². The van der Waals surface area contributed by atoms with Gasteiger partial charge < -0.3 is 16.4 Å². The second kappa shape index (κ2) is 6.10. The van der Waals surface area contributed by atoms with Gasteiger partial charge in [-0.05, 0) is 27.7 Å². The highest BCUT2D eigenvalue weighted by Gasteiger charge is 2.33. The largest absolute Gasteiger partial charge is 0.355 e. The van der Waals surface area contributed by atoms with Crippen LogP contribution < -0.4 is 16.4 Å². The van der Waals surface area contributed by atoms with Gasteiger partial charge in [-0.15, -0.1) is 0 Å². The maximum absolute atomic E-state index is 11.7. The Morgan fingerprint density at radius 2 is 1.88 bits per heavy atom. The van der Waals surface area contributed by atoms with Crippen LogP contribution >= 0.6 is 12.6 Å². The number of amides is 2. The first kappa shape index (κ1) is 15.2. The normalized spacial score (nSPS) is 15.1. The van der Waals surface area contributed by atoms with Crippen molar-refractivity contribution in [1.29, 1.82) is 0 Å². The smallest absolute Gasteiger partial charge is 0.243 e. The van der Waals surface area contributed by atoms with Gasteiger partial charge in [-0.2, -0.15) is 12.6 Å². The van der Waals surface area contributed by atoms with Crippen LogP contribution in [-0.2, 0) is 9.59 Å². The van der Waals surface area contributed by atoms with E-state index in [0.29, 0.717) is 6.54 Å². The number of carbonyl (C=O) groups excluding carboxylic acids is 2. The zero-order valence-electron chi connectivity index (χ0n) is 10.2. The molecule has 2 atom stereocenters. The van der Waals surface area contributed by atoms with Crippen LogP contribution in [0.25, 0.3) is 0 Å². The Labute approximate surface area is 102 Å². The molecule has 0 aliphatic rings. The molecule has 0 bridgehead atoms. The van der Waals surface area contributed by atoms with Crippen molar-refractivity contribution >= 4 is 24.4 Å². The summed E-state index contributed by atoms with van der Waals surface area (Å²) in [6.07, 6.45) is 0. The van der Waals surface area contributed by atoms with E-state index in [0.717, 1.165) is 0 Å². The minimum atomic E-state index is -0.700. The number of hydrogen-bond acceptors (Lipinski definition) is 4. The fourth-order valence-corrected chi connectivity index (χ4v) is 1.29. The van der Waals surface area contributed by atoms with Gasteiger partial charge in [0.25, 0.3) is 0 Å². The van der Waals surface area contributed by atoms with Gasteiger partial charge in [0.15, 0.2) is 0 Å². The van der Waals surface area contributed by atoms with Gasteiger partial charge in [0.1, 0.15) is 6.04 Å². The quantitative estimate of drug-likeness (QED) is 0.502.